The van der Waals surface area contributed by atoms with E-state index in [4.69, 9.17) is 21.4 Å². The summed E-state index contributed by atoms with van der Waals surface area (Å²) in [4.78, 5) is 10.2. The molecule has 0 saturated heterocycles. The van der Waals surface area contributed by atoms with Gasteiger partial charge in [0.15, 0.2) is 0 Å². The highest BCUT2D eigenvalue weighted by Gasteiger charge is 2.31. The van der Waals surface area contributed by atoms with E-state index >= 15 is 0 Å². The van der Waals surface area contributed by atoms with Crippen molar-refractivity contribution in [2.24, 2.45) is 11.8 Å². The van der Waals surface area contributed by atoms with Gasteiger partial charge in [-0.3, -0.25) is 0 Å². The predicted octanol–water partition coefficient (Wildman–Crippen LogP) is 8.45. The van der Waals surface area contributed by atoms with Crippen LogP contribution in [0.25, 0.3) is 0 Å². The lowest BCUT2D eigenvalue weighted by Crippen LogP contribution is -2.32. The van der Waals surface area contributed by atoms with Gasteiger partial charge in [-0.15, -0.1) is 24.8 Å². The minimum atomic E-state index is 0.170. The van der Waals surface area contributed by atoms with E-state index in [1.807, 2.05) is 20.8 Å². The molecule has 1 aliphatic carbocycles. The third-order valence-electron chi connectivity index (χ3n) is 4.40. The first kappa shape index (κ1) is 29.4. The van der Waals surface area contributed by atoms with Crippen LogP contribution in [0.4, 0.5) is 0 Å². The van der Waals surface area contributed by atoms with Crippen LogP contribution in [0.15, 0.2) is 47.6 Å². The van der Waals surface area contributed by atoms with Crippen molar-refractivity contribution in [1.82, 2.24) is 0 Å². The molecule has 3 atom stereocenters. The molecule has 0 aromatic rings. The standard InChI is InChI=1S/C12H21ClO2.C9H16.C4H8/c1-4-10(8-13)11-6-5-9(2)7-12(11)15-14-3;1-8(2)6-5-7-9(3)4;1-4(2)3/h4,9,11-12H,5-8H2,1-3H3;7H,1,5-6H2,2-4H3;1H2,2-3H3/b10-4-;;/t9?,11-,12?;;/m1../s1. The molecule has 2 unspecified atom stereocenters. The van der Waals surface area contributed by atoms with Gasteiger partial charge in [-0.25, -0.2) is 9.78 Å². The Morgan fingerprint density at radius 2 is 1.68 bits per heavy atom. The molecule has 0 amide bonds. The van der Waals surface area contributed by atoms with Crippen molar-refractivity contribution >= 4 is 11.6 Å². The van der Waals surface area contributed by atoms with Crippen molar-refractivity contribution in [3.63, 3.8) is 0 Å². The van der Waals surface area contributed by atoms with Crippen molar-refractivity contribution in [3.05, 3.63) is 47.6 Å². The molecular weight excluding hydrogens is 368 g/mol. The van der Waals surface area contributed by atoms with Crippen LogP contribution >= 0.6 is 11.6 Å². The van der Waals surface area contributed by atoms with Gasteiger partial charge in [0.25, 0.3) is 0 Å². The Morgan fingerprint density at radius 3 is 2.07 bits per heavy atom. The van der Waals surface area contributed by atoms with E-state index in [0.717, 1.165) is 31.6 Å². The maximum absolute atomic E-state index is 5.94. The fourth-order valence-corrected chi connectivity index (χ4v) is 3.33. The molecule has 164 valence electrons. The number of allylic oxidation sites excluding steroid dienone is 5. The summed E-state index contributed by atoms with van der Waals surface area (Å²) in [6, 6.07) is 0. The van der Waals surface area contributed by atoms with E-state index < -0.39 is 0 Å². The highest BCUT2D eigenvalue weighted by atomic mass is 35.5. The van der Waals surface area contributed by atoms with Gasteiger partial charge in [0.2, 0.25) is 0 Å². The minimum Gasteiger partial charge on any atom is -0.240 e. The molecule has 1 rings (SSSR count). The Hall–Kier alpha value is -0.830. The second-order valence-corrected chi connectivity index (χ2v) is 8.57. The molecule has 0 N–H and O–H groups in total. The first-order chi connectivity index (χ1) is 13.1. The largest absolute Gasteiger partial charge is 0.240 e. The summed E-state index contributed by atoms with van der Waals surface area (Å²) in [5.41, 5.74) is 5.12. The fourth-order valence-electron chi connectivity index (χ4n) is 2.98. The van der Waals surface area contributed by atoms with Gasteiger partial charge in [0.1, 0.15) is 0 Å². The number of hydrogen-bond donors (Lipinski definition) is 0. The van der Waals surface area contributed by atoms with Crippen molar-refractivity contribution in [3.8, 4) is 0 Å². The van der Waals surface area contributed by atoms with E-state index in [-0.39, 0.29) is 6.10 Å². The second-order valence-electron chi connectivity index (χ2n) is 8.31. The summed E-state index contributed by atoms with van der Waals surface area (Å²) < 4.78 is 0. The van der Waals surface area contributed by atoms with Gasteiger partial charge in [-0.05, 0) is 79.6 Å². The van der Waals surface area contributed by atoms with Gasteiger partial charge in [-0.2, -0.15) is 0 Å². The van der Waals surface area contributed by atoms with Crippen LogP contribution < -0.4 is 0 Å². The number of alkyl halides is 1. The van der Waals surface area contributed by atoms with E-state index in [9.17, 15) is 0 Å². The van der Waals surface area contributed by atoms with Crippen LogP contribution in [0.2, 0.25) is 0 Å². The summed E-state index contributed by atoms with van der Waals surface area (Å²) in [6.45, 7) is 21.9. The molecule has 0 aromatic carbocycles. The minimum absolute atomic E-state index is 0.170. The Kier molecular flexibility index (Phi) is 19.1. The molecule has 0 heterocycles. The Morgan fingerprint density at radius 1 is 1.11 bits per heavy atom. The van der Waals surface area contributed by atoms with Gasteiger partial charge in [0.05, 0.1) is 13.2 Å². The van der Waals surface area contributed by atoms with E-state index in [2.05, 4.69) is 53.0 Å². The predicted molar refractivity (Wildman–Crippen MR) is 127 cm³/mol. The summed E-state index contributed by atoms with van der Waals surface area (Å²) in [7, 11) is 1.58. The quantitative estimate of drug-likeness (QED) is 0.181. The lowest BCUT2D eigenvalue weighted by molar-refractivity contribution is -0.318. The summed E-state index contributed by atoms with van der Waals surface area (Å²) in [5.74, 6) is 1.75. The SMILES string of the molecule is C/C=C(/CCl)[C@H]1CCC(C)CC1OOC.C=C(C)C.C=C(C)CCC=C(C)C. The fraction of sp³-hybridized carbons (Fsp3) is 0.680. The summed E-state index contributed by atoms with van der Waals surface area (Å²) in [5, 5.41) is 0. The zero-order valence-electron chi connectivity index (χ0n) is 19.7. The summed E-state index contributed by atoms with van der Waals surface area (Å²) in [6.07, 6.45) is 10.3. The van der Waals surface area contributed by atoms with Crippen molar-refractivity contribution < 1.29 is 9.78 Å². The average molecular weight is 413 g/mol. The van der Waals surface area contributed by atoms with Crippen LogP contribution in [-0.4, -0.2) is 19.1 Å². The number of halogens is 1. The van der Waals surface area contributed by atoms with Crippen LogP contribution in [0.3, 0.4) is 0 Å². The van der Waals surface area contributed by atoms with E-state index in [0.29, 0.717) is 11.8 Å². The Bertz CT molecular complexity index is 483. The topological polar surface area (TPSA) is 18.5 Å². The molecule has 0 radical (unpaired) electrons. The molecular formula is C25H45ClO2. The average Bonchev–Trinajstić information content (AvgIpc) is 2.57. The summed E-state index contributed by atoms with van der Waals surface area (Å²) >= 11 is 5.94. The van der Waals surface area contributed by atoms with Gasteiger partial charge >= 0.3 is 0 Å². The Labute approximate surface area is 180 Å². The molecule has 1 saturated carbocycles. The highest BCUT2D eigenvalue weighted by Crippen LogP contribution is 2.35. The molecule has 0 spiro atoms. The normalized spacial score (nSPS) is 21.5. The van der Waals surface area contributed by atoms with Crippen LogP contribution in [0.5, 0.6) is 0 Å². The lowest BCUT2D eigenvalue weighted by Gasteiger charge is -2.34. The molecule has 1 fully saturated rings. The van der Waals surface area contributed by atoms with Crippen molar-refractivity contribution in [1.29, 1.82) is 0 Å². The number of rotatable bonds is 7. The van der Waals surface area contributed by atoms with Gasteiger partial charge < -0.3 is 0 Å². The maximum atomic E-state index is 5.94. The third kappa shape index (κ3) is 17.3. The third-order valence-corrected chi connectivity index (χ3v) is 4.71. The molecule has 28 heavy (non-hydrogen) atoms. The van der Waals surface area contributed by atoms with E-state index in [1.165, 1.54) is 28.7 Å². The number of hydrogen-bond acceptors (Lipinski definition) is 2. The van der Waals surface area contributed by atoms with Crippen LogP contribution in [0.1, 0.15) is 80.6 Å². The zero-order chi connectivity index (χ0) is 22.1. The first-order valence-electron chi connectivity index (χ1n) is 10.4. The lowest BCUT2D eigenvalue weighted by atomic mass is 9.77. The van der Waals surface area contributed by atoms with Crippen molar-refractivity contribution in [2.45, 2.75) is 86.7 Å². The molecule has 0 aliphatic heterocycles. The maximum Gasteiger partial charge on any atom is 0.0997 e. The molecule has 2 nitrogen and oxygen atoms in total. The van der Waals surface area contributed by atoms with Gasteiger partial charge in [-0.1, -0.05) is 41.4 Å². The Balaban J connectivity index is 0. The zero-order valence-corrected chi connectivity index (χ0v) is 20.5. The second kappa shape index (κ2) is 18.2. The smallest absolute Gasteiger partial charge is 0.0997 e. The molecule has 1 aliphatic rings. The van der Waals surface area contributed by atoms with Gasteiger partial charge in [0, 0.05) is 11.8 Å². The first-order valence-corrected chi connectivity index (χ1v) is 10.9. The molecule has 0 bridgehead atoms. The van der Waals surface area contributed by atoms with Crippen LogP contribution in [-0.2, 0) is 9.78 Å². The van der Waals surface area contributed by atoms with Crippen molar-refractivity contribution in [2.75, 3.05) is 13.0 Å². The van der Waals surface area contributed by atoms with Crippen LogP contribution in [0, 0.1) is 11.8 Å². The highest BCUT2D eigenvalue weighted by molar-refractivity contribution is 6.19. The molecule has 0 aromatic heterocycles. The van der Waals surface area contributed by atoms with E-state index in [1.54, 1.807) is 7.11 Å². The molecule has 3 heteroatoms. The monoisotopic (exact) mass is 412 g/mol.